The van der Waals surface area contributed by atoms with Crippen molar-refractivity contribution in [2.24, 2.45) is 0 Å². The number of ether oxygens (including phenoxy) is 2. The van der Waals surface area contributed by atoms with Crippen LogP contribution in [0.1, 0.15) is 23.8 Å². The molecule has 7 heteroatoms. The number of aromatic nitrogens is 2. The van der Waals surface area contributed by atoms with Crippen LogP contribution in [0.4, 0.5) is 5.82 Å². The number of hydrogen-bond donors (Lipinski definition) is 1. The standard InChI is InChI=1S/C24H26N4O3/c1-17-5-2-3-8-21(17)30-13-11-24(29)28-12-14-31-22(16-28)20-7-4-6-19(27-20)18-9-10-23(25)26-15-18/h2-10,15,22H,11-14,16H2,1H3,(H2,25,26)/t22-/m0/s1. The second-order valence-electron chi connectivity index (χ2n) is 7.48. The molecule has 1 atom stereocenters. The summed E-state index contributed by atoms with van der Waals surface area (Å²) >= 11 is 0. The summed E-state index contributed by atoms with van der Waals surface area (Å²) in [6.07, 6.45) is 1.76. The molecule has 0 aliphatic carbocycles. The maximum atomic E-state index is 12.7. The third kappa shape index (κ3) is 5.19. The van der Waals surface area contributed by atoms with Gasteiger partial charge in [0.05, 0.1) is 37.6 Å². The van der Waals surface area contributed by atoms with Gasteiger partial charge in [-0.1, -0.05) is 24.3 Å². The van der Waals surface area contributed by atoms with Crippen LogP contribution in [-0.2, 0) is 9.53 Å². The molecule has 1 fully saturated rings. The first-order valence-electron chi connectivity index (χ1n) is 10.4. The SMILES string of the molecule is Cc1ccccc1OCCC(=O)N1CCO[C@H](c2cccc(-c3ccc(N)nc3)n2)C1. The van der Waals surface area contributed by atoms with Gasteiger partial charge in [0.1, 0.15) is 17.7 Å². The quantitative estimate of drug-likeness (QED) is 0.660. The summed E-state index contributed by atoms with van der Waals surface area (Å²) in [6, 6.07) is 17.2. The maximum absolute atomic E-state index is 12.7. The molecule has 1 aromatic carbocycles. The van der Waals surface area contributed by atoms with Crippen LogP contribution in [0.5, 0.6) is 5.75 Å². The Balaban J connectivity index is 1.37. The Bertz CT molecular complexity index is 1040. The van der Waals surface area contributed by atoms with Gasteiger partial charge in [0.2, 0.25) is 5.91 Å². The number of para-hydroxylation sites is 1. The predicted molar refractivity (Wildman–Crippen MR) is 118 cm³/mol. The van der Waals surface area contributed by atoms with Crippen LogP contribution in [0.15, 0.2) is 60.8 Å². The molecule has 3 heterocycles. The van der Waals surface area contributed by atoms with Crippen molar-refractivity contribution in [1.29, 1.82) is 0 Å². The molecule has 0 bridgehead atoms. The van der Waals surface area contributed by atoms with E-state index in [4.69, 9.17) is 20.2 Å². The third-order valence-corrected chi connectivity index (χ3v) is 5.27. The van der Waals surface area contributed by atoms with Crippen molar-refractivity contribution in [3.8, 4) is 17.0 Å². The van der Waals surface area contributed by atoms with Gasteiger partial charge >= 0.3 is 0 Å². The molecule has 7 nitrogen and oxygen atoms in total. The number of morpholine rings is 1. The molecule has 3 aromatic rings. The number of benzene rings is 1. The molecule has 31 heavy (non-hydrogen) atoms. The van der Waals surface area contributed by atoms with Crippen molar-refractivity contribution >= 4 is 11.7 Å². The Hall–Kier alpha value is -3.45. The highest BCUT2D eigenvalue weighted by Crippen LogP contribution is 2.25. The van der Waals surface area contributed by atoms with E-state index in [1.165, 1.54) is 0 Å². The Morgan fingerprint density at radius 2 is 2.06 bits per heavy atom. The number of carbonyl (C=O) groups excluding carboxylic acids is 1. The number of nitrogens with zero attached hydrogens (tertiary/aromatic N) is 3. The number of amides is 1. The second-order valence-corrected chi connectivity index (χ2v) is 7.48. The van der Waals surface area contributed by atoms with Crippen molar-refractivity contribution in [3.63, 3.8) is 0 Å². The lowest BCUT2D eigenvalue weighted by Gasteiger charge is -2.33. The van der Waals surface area contributed by atoms with Gasteiger partial charge in [-0.05, 0) is 42.8 Å². The zero-order valence-electron chi connectivity index (χ0n) is 17.5. The third-order valence-electron chi connectivity index (χ3n) is 5.27. The van der Waals surface area contributed by atoms with E-state index in [-0.39, 0.29) is 12.0 Å². The topological polar surface area (TPSA) is 90.6 Å². The summed E-state index contributed by atoms with van der Waals surface area (Å²) in [5.41, 5.74) is 9.20. The zero-order valence-corrected chi connectivity index (χ0v) is 17.5. The minimum absolute atomic E-state index is 0.0563. The summed E-state index contributed by atoms with van der Waals surface area (Å²) in [5.74, 6) is 1.34. The monoisotopic (exact) mass is 418 g/mol. The predicted octanol–water partition coefficient (Wildman–Crippen LogP) is 3.40. The van der Waals surface area contributed by atoms with Crippen LogP contribution in [0, 0.1) is 6.92 Å². The van der Waals surface area contributed by atoms with E-state index in [0.29, 0.717) is 38.5 Å². The first-order valence-corrected chi connectivity index (χ1v) is 10.4. The molecule has 0 spiro atoms. The maximum Gasteiger partial charge on any atom is 0.226 e. The molecular formula is C24H26N4O3. The van der Waals surface area contributed by atoms with Crippen LogP contribution < -0.4 is 10.5 Å². The van der Waals surface area contributed by atoms with E-state index in [0.717, 1.165) is 28.3 Å². The summed E-state index contributed by atoms with van der Waals surface area (Å²) in [4.78, 5) is 23.4. The molecular weight excluding hydrogens is 392 g/mol. The highest BCUT2D eigenvalue weighted by atomic mass is 16.5. The van der Waals surface area contributed by atoms with E-state index >= 15 is 0 Å². The average Bonchev–Trinajstić information content (AvgIpc) is 2.81. The Morgan fingerprint density at radius 1 is 1.19 bits per heavy atom. The zero-order chi connectivity index (χ0) is 21.6. The molecule has 4 rings (SSSR count). The smallest absolute Gasteiger partial charge is 0.226 e. The Morgan fingerprint density at radius 3 is 2.87 bits per heavy atom. The summed E-state index contributed by atoms with van der Waals surface area (Å²) in [6.45, 7) is 3.86. The minimum atomic E-state index is -0.267. The largest absolute Gasteiger partial charge is 0.493 e. The molecule has 1 amide bonds. The number of aryl methyl sites for hydroxylation is 1. The lowest BCUT2D eigenvalue weighted by molar-refractivity contribution is -0.139. The van der Waals surface area contributed by atoms with Gasteiger partial charge in [0.25, 0.3) is 0 Å². The second kappa shape index (κ2) is 9.57. The first-order chi connectivity index (χ1) is 15.1. The molecule has 0 radical (unpaired) electrons. The number of hydrogen-bond acceptors (Lipinski definition) is 6. The van der Waals surface area contributed by atoms with Gasteiger partial charge in [0, 0.05) is 18.3 Å². The number of nitrogen functional groups attached to an aromatic ring is 1. The Kier molecular flexibility index (Phi) is 6.43. The summed E-state index contributed by atoms with van der Waals surface area (Å²) in [7, 11) is 0. The van der Waals surface area contributed by atoms with E-state index in [1.54, 1.807) is 12.3 Å². The average molecular weight is 418 g/mol. The molecule has 2 N–H and O–H groups in total. The normalized spacial score (nSPS) is 16.2. The molecule has 1 aliphatic rings. The van der Waals surface area contributed by atoms with Gasteiger partial charge in [-0.15, -0.1) is 0 Å². The molecule has 160 valence electrons. The van der Waals surface area contributed by atoms with Crippen molar-refractivity contribution < 1.29 is 14.3 Å². The number of anilines is 1. The molecule has 0 unspecified atom stereocenters. The van der Waals surface area contributed by atoms with Crippen LogP contribution in [-0.4, -0.2) is 47.1 Å². The van der Waals surface area contributed by atoms with Crippen molar-refractivity contribution in [3.05, 3.63) is 72.1 Å². The summed E-state index contributed by atoms with van der Waals surface area (Å²) in [5, 5.41) is 0. The van der Waals surface area contributed by atoms with E-state index in [9.17, 15) is 4.79 Å². The van der Waals surface area contributed by atoms with Crippen LogP contribution >= 0.6 is 0 Å². The van der Waals surface area contributed by atoms with Crippen molar-refractivity contribution in [1.82, 2.24) is 14.9 Å². The number of pyridine rings is 2. The van der Waals surface area contributed by atoms with Crippen LogP contribution in [0.25, 0.3) is 11.3 Å². The van der Waals surface area contributed by atoms with Gasteiger partial charge in [-0.25, -0.2) is 9.97 Å². The Labute approximate surface area is 181 Å². The molecule has 1 aliphatic heterocycles. The molecule has 1 saturated heterocycles. The fraction of sp³-hybridized carbons (Fsp3) is 0.292. The fourth-order valence-corrected chi connectivity index (χ4v) is 3.53. The van der Waals surface area contributed by atoms with Crippen molar-refractivity contribution in [2.75, 3.05) is 32.0 Å². The van der Waals surface area contributed by atoms with E-state index in [2.05, 4.69) is 4.98 Å². The van der Waals surface area contributed by atoms with Crippen LogP contribution in [0.2, 0.25) is 0 Å². The van der Waals surface area contributed by atoms with Crippen LogP contribution in [0.3, 0.4) is 0 Å². The molecule has 2 aromatic heterocycles. The number of carbonyl (C=O) groups is 1. The van der Waals surface area contributed by atoms with Gasteiger partial charge < -0.3 is 20.1 Å². The highest BCUT2D eigenvalue weighted by molar-refractivity contribution is 5.76. The van der Waals surface area contributed by atoms with Gasteiger partial charge in [-0.3, -0.25) is 4.79 Å². The van der Waals surface area contributed by atoms with E-state index in [1.807, 2.05) is 60.4 Å². The minimum Gasteiger partial charge on any atom is -0.493 e. The number of rotatable bonds is 6. The summed E-state index contributed by atoms with van der Waals surface area (Å²) < 4.78 is 11.7. The van der Waals surface area contributed by atoms with E-state index < -0.39 is 0 Å². The van der Waals surface area contributed by atoms with Crippen molar-refractivity contribution in [2.45, 2.75) is 19.4 Å². The first kappa shape index (κ1) is 20.8. The van der Waals surface area contributed by atoms with Gasteiger partial charge in [-0.2, -0.15) is 0 Å². The molecule has 0 saturated carbocycles. The highest BCUT2D eigenvalue weighted by Gasteiger charge is 2.26. The fourth-order valence-electron chi connectivity index (χ4n) is 3.53. The lowest BCUT2D eigenvalue weighted by Crippen LogP contribution is -2.42. The number of nitrogens with two attached hydrogens (primary N) is 1. The lowest BCUT2D eigenvalue weighted by atomic mass is 10.1. The van der Waals surface area contributed by atoms with Gasteiger partial charge in [0.15, 0.2) is 0 Å².